The molecule has 0 aliphatic heterocycles. The maximum Gasteiger partial charge on any atom is 0.221 e. The second-order valence-electron chi connectivity index (χ2n) is 4.48. The Morgan fingerprint density at radius 3 is 2.75 bits per heavy atom. The molecule has 0 saturated heterocycles. The lowest BCUT2D eigenvalue weighted by Crippen LogP contribution is -2.09. The molecule has 1 N–H and O–H groups in total. The molecule has 1 heterocycles. The minimum Gasteiger partial charge on any atom is -0.382 e. The van der Waals surface area contributed by atoms with E-state index in [4.69, 9.17) is 5.26 Å². The first-order chi connectivity index (χ1) is 9.42. The van der Waals surface area contributed by atoms with Gasteiger partial charge in [0.05, 0.1) is 10.2 Å². The number of halogens is 2. The largest absolute Gasteiger partial charge is 0.382 e. The fourth-order valence-electron chi connectivity index (χ4n) is 1.79. The molecule has 0 aliphatic rings. The molecule has 0 unspecified atom stereocenters. The predicted molar refractivity (Wildman–Crippen MR) is 77.7 cm³/mol. The zero-order valence-electron chi connectivity index (χ0n) is 10.9. The maximum atomic E-state index is 13.4. The van der Waals surface area contributed by atoms with Gasteiger partial charge in [0, 0.05) is 31.2 Å². The number of nitriles is 1. The number of H-pyrrole nitrogens is 1. The number of Topliss-reactive ketones (excluding diaryl/α,β-unsaturated/α-hetero) is 1. The number of fused-ring (bicyclic) bond motifs is 1. The zero-order valence-corrected chi connectivity index (χ0v) is 12.5. The third kappa shape index (κ3) is 2.73. The molecule has 0 radical (unpaired) electrons. The van der Waals surface area contributed by atoms with E-state index in [1.54, 1.807) is 25.1 Å². The van der Waals surface area contributed by atoms with Crippen LogP contribution in [0.1, 0.15) is 10.5 Å². The highest BCUT2D eigenvalue weighted by molar-refractivity contribution is 9.10. The molecule has 102 valence electrons. The molecule has 4 nitrogen and oxygen atoms in total. The van der Waals surface area contributed by atoms with E-state index >= 15 is 0 Å². The van der Waals surface area contributed by atoms with Crippen LogP contribution in [0.25, 0.3) is 10.9 Å². The fraction of sp³-hybridized carbons (Fsp3) is 0.143. The van der Waals surface area contributed by atoms with Gasteiger partial charge in [0.2, 0.25) is 5.78 Å². The van der Waals surface area contributed by atoms with E-state index in [0.717, 1.165) is 0 Å². The Bertz CT molecular complexity index is 717. The van der Waals surface area contributed by atoms with Crippen molar-refractivity contribution in [1.82, 2.24) is 9.88 Å². The number of nitrogens with zero attached hydrogens (tertiary/aromatic N) is 2. The van der Waals surface area contributed by atoms with E-state index in [1.165, 1.54) is 18.3 Å². The van der Waals surface area contributed by atoms with Gasteiger partial charge in [-0.25, -0.2) is 4.39 Å². The number of carbonyl (C=O) groups is 1. The Labute approximate surface area is 123 Å². The SMILES string of the molecule is CN(C)C=C(C#N)C(=O)c1cc2cc(F)c(Br)cc2[nH]1. The molecule has 0 fully saturated rings. The minimum absolute atomic E-state index is 0.0149. The Kier molecular flexibility index (Phi) is 3.91. The van der Waals surface area contributed by atoms with Crippen LogP contribution in [-0.4, -0.2) is 29.8 Å². The average molecular weight is 336 g/mol. The monoisotopic (exact) mass is 335 g/mol. The van der Waals surface area contributed by atoms with E-state index in [0.29, 0.717) is 15.4 Å². The van der Waals surface area contributed by atoms with Crippen molar-refractivity contribution in [2.45, 2.75) is 0 Å². The maximum absolute atomic E-state index is 13.4. The van der Waals surface area contributed by atoms with Crippen LogP contribution in [0.5, 0.6) is 0 Å². The van der Waals surface area contributed by atoms with Gasteiger partial charge in [0.1, 0.15) is 17.5 Å². The van der Waals surface area contributed by atoms with Gasteiger partial charge in [0.25, 0.3) is 0 Å². The molecular formula is C14H11BrFN3O. The Balaban J connectivity index is 2.48. The van der Waals surface area contributed by atoms with Crippen LogP contribution >= 0.6 is 15.9 Å². The molecule has 0 spiro atoms. The molecular weight excluding hydrogens is 325 g/mol. The number of nitrogens with one attached hydrogen (secondary N) is 1. The van der Waals surface area contributed by atoms with Crippen molar-refractivity contribution in [2.75, 3.05) is 14.1 Å². The van der Waals surface area contributed by atoms with Crippen molar-refractivity contribution in [2.24, 2.45) is 0 Å². The minimum atomic E-state index is -0.422. The standard InChI is InChI=1S/C14H11BrFN3O/c1-19(2)7-9(6-17)14(20)13-4-8-3-11(16)10(15)5-12(8)18-13/h3-5,7,18H,1-2H3. The quantitative estimate of drug-likeness (QED) is 0.532. The van der Waals surface area contributed by atoms with Crippen LogP contribution in [-0.2, 0) is 0 Å². The first-order valence-electron chi connectivity index (χ1n) is 5.73. The number of rotatable bonds is 3. The number of allylic oxidation sites excluding steroid dienone is 1. The van der Waals surface area contributed by atoms with Crippen LogP contribution in [0.3, 0.4) is 0 Å². The molecule has 0 bridgehead atoms. The van der Waals surface area contributed by atoms with Gasteiger partial charge in [-0.3, -0.25) is 4.79 Å². The van der Waals surface area contributed by atoms with Crippen molar-refractivity contribution in [3.8, 4) is 6.07 Å². The highest BCUT2D eigenvalue weighted by Crippen LogP contribution is 2.24. The summed E-state index contributed by atoms with van der Waals surface area (Å²) in [7, 11) is 3.45. The second-order valence-corrected chi connectivity index (χ2v) is 5.34. The summed E-state index contributed by atoms with van der Waals surface area (Å²) < 4.78 is 13.8. The number of hydrogen-bond donors (Lipinski definition) is 1. The van der Waals surface area contributed by atoms with Gasteiger partial charge in [-0.15, -0.1) is 0 Å². The van der Waals surface area contributed by atoms with Gasteiger partial charge >= 0.3 is 0 Å². The average Bonchev–Trinajstić information content (AvgIpc) is 2.78. The molecule has 2 aromatic rings. The smallest absolute Gasteiger partial charge is 0.221 e. The molecule has 1 aromatic heterocycles. The Morgan fingerprint density at radius 1 is 1.45 bits per heavy atom. The molecule has 6 heteroatoms. The summed E-state index contributed by atoms with van der Waals surface area (Å²) in [4.78, 5) is 16.7. The number of aromatic nitrogens is 1. The van der Waals surface area contributed by atoms with Gasteiger partial charge in [-0.2, -0.15) is 5.26 Å². The zero-order chi connectivity index (χ0) is 14.9. The summed E-state index contributed by atoms with van der Waals surface area (Å²) in [5.74, 6) is -0.825. The number of benzene rings is 1. The normalized spacial score (nSPS) is 11.4. The Morgan fingerprint density at radius 2 is 2.15 bits per heavy atom. The van der Waals surface area contributed by atoms with Crippen molar-refractivity contribution in [1.29, 1.82) is 5.26 Å². The summed E-state index contributed by atoms with van der Waals surface area (Å²) in [5, 5.41) is 9.60. The van der Waals surface area contributed by atoms with Gasteiger partial charge in [-0.05, 0) is 34.1 Å². The second kappa shape index (κ2) is 5.47. The molecule has 0 amide bonds. The van der Waals surface area contributed by atoms with Crippen molar-refractivity contribution in [3.05, 3.63) is 46.0 Å². The fourth-order valence-corrected chi connectivity index (χ4v) is 2.13. The number of hydrogen-bond acceptors (Lipinski definition) is 3. The van der Waals surface area contributed by atoms with Crippen molar-refractivity contribution < 1.29 is 9.18 Å². The highest BCUT2D eigenvalue weighted by Gasteiger charge is 2.16. The lowest BCUT2D eigenvalue weighted by atomic mass is 10.1. The van der Waals surface area contributed by atoms with E-state index < -0.39 is 11.6 Å². The van der Waals surface area contributed by atoms with E-state index in [-0.39, 0.29) is 11.3 Å². The highest BCUT2D eigenvalue weighted by atomic mass is 79.9. The molecule has 1 aromatic carbocycles. The summed E-state index contributed by atoms with van der Waals surface area (Å²) in [6.07, 6.45) is 1.45. The van der Waals surface area contributed by atoms with Crippen LogP contribution < -0.4 is 0 Å². The first-order valence-corrected chi connectivity index (χ1v) is 6.52. The number of aromatic amines is 1. The number of ketones is 1. The third-order valence-electron chi connectivity index (χ3n) is 2.66. The van der Waals surface area contributed by atoms with Crippen LogP contribution in [0.15, 0.2) is 34.4 Å². The predicted octanol–water partition coefficient (Wildman–Crippen LogP) is 3.22. The lowest BCUT2D eigenvalue weighted by Gasteiger charge is -2.04. The molecule has 20 heavy (non-hydrogen) atoms. The van der Waals surface area contributed by atoms with Crippen molar-refractivity contribution in [3.63, 3.8) is 0 Å². The summed E-state index contributed by atoms with van der Waals surface area (Å²) >= 11 is 3.09. The molecule has 2 rings (SSSR count). The summed E-state index contributed by atoms with van der Waals surface area (Å²) in [6, 6.07) is 6.29. The van der Waals surface area contributed by atoms with Crippen LogP contribution in [0, 0.1) is 17.1 Å². The van der Waals surface area contributed by atoms with Crippen LogP contribution in [0.4, 0.5) is 4.39 Å². The van der Waals surface area contributed by atoms with Crippen LogP contribution in [0.2, 0.25) is 0 Å². The van der Waals surface area contributed by atoms with Gasteiger partial charge in [0.15, 0.2) is 0 Å². The van der Waals surface area contributed by atoms with Gasteiger partial charge < -0.3 is 9.88 Å². The Hall–Kier alpha value is -2.13. The topological polar surface area (TPSA) is 59.9 Å². The van der Waals surface area contributed by atoms with Gasteiger partial charge in [-0.1, -0.05) is 0 Å². The summed E-state index contributed by atoms with van der Waals surface area (Å²) in [6.45, 7) is 0. The van der Waals surface area contributed by atoms with E-state index in [1.807, 2.05) is 6.07 Å². The van der Waals surface area contributed by atoms with Crippen molar-refractivity contribution >= 4 is 32.6 Å². The lowest BCUT2D eigenvalue weighted by molar-refractivity contribution is 0.103. The third-order valence-corrected chi connectivity index (χ3v) is 3.27. The van der Waals surface area contributed by atoms with E-state index in [9.17, 15) is 9.18 Å². The van der Waals surface area contributed by atoms with E-state index in [2.05, 4.69) is 20.9 Å². The number of carbonyl (C=O) groups excluding carboxylic acids is 1. The first kappa shape index (κ1) is 14.3. The molecule has 0 atom stereocenters. The molecule has 0 saturated carbocycles. The summed E-state index contributed by atoms with van der Waals surface area (Å²) in [5.41, 5.74) is 0.900. The molecule has 0 aliphatic carbocycles.